The molecule has 0 spiro atoms. The number of ether oxygens (including phenoxy) is 4. The molecule has 536 valence electrons. The predicted molar refractivity (Wildman–Crippen MR) is 411 cm³/mol. The third kappa shape index (κ3) is 16.9. The third-order valence-corrected chi connectivity index (χ3v) is 21.4. The summed E-state index contributed by atoms with van der Waals surface area (Å²) in [5, 5.41) is 4.94. The fraction of sp³-hybridized carbons (Fsp3) is 0.333. The molecule has 0 amide bonds. The highest BCUT2D eigenvalue weighted by Crippen LogP contribution is 2.50. The molecule has 3 aliphatic heterocycles. The molecule has 4 aliphatic rings. The van der Waals surface area contributed by atoms with Crippen molar-refractivity contribution in [2.45, 2.75) is 176 Å². The Balaban J connectivity index is 0.000000157. The van der Waals surface area contributed by atoms with Crippen molar-refractivity contribution in [3.63, 3.8) is 0 Å². The summed E-state index contributed by atoms with van der Waals surface area (Å²) in [5.74, 6) is 16.0. The minimum absolute atomic E-state index is 0. The summed E-state index contributed by atoms with van der Waals surface area (Å²) in [5.41, 5.74) is 15.7. The number of nitrogens with zero attached hydrogens (tertiary/aromatic N) is 3. The molecule has 1 aliphatic carbocycles. The van der Waals surface area contributed by atoms with Crippen LogP contribution in [0.1, 0.15) is 204 Å². The minimum Gasteiger partial charge on any atom is -0.497 e. The maximum atomic E-state index is 15.1. The van der Waals surface area contributed by atoms with Gasteiger partial charge < -0.3 is 23.7 Å². The van der Waals surface area contributed by atoms with Gasteiger partial charge in [-0.25, -0.2) is 9.37 Å². The number of rotatable bonds is 16. The van der Waals surface area contributed by atoms with Crippen molar-refractivity contribution in [2.75, 3.05) is 7.11 Å². The lowest BCUT2D eigenvalue weighted by molar-refractivity contribution is -0.140. The van der Waals surface area contributed by atoms with Gasteiger partial charge in [0.2, 0.25) is 0 Å². The van der Waals surface area contributed by atoms with E-state index in [1.54, 1.807) is 69.5 Å². The number of hydrogen-bond acceptors (Lipinski definition) is 9. The molecule has 9 nitrogen and oxygen atoms in total. The SMILES string of the molecule is C.CC#C[C@@H](CC(C)=O)c1ccc2c(c1)CCC(c1cccc(-c3cccc4c3c(C(F)(F)F)nn4C)c1)O2.CC#C[C@@H](CC)c1ccc2c(c1)CCC(c1sc(-c3ccccc3)nc1C)O2.COc1ccc(F)c(-c2ccc(C3CCc4ccc(CCC(C)=O)cc4O3)cc2C2=CCCC2(C)C)c1. The van der Waals surface area contributed by atoms with Crippen LogP contribution in [-0.4, -0.2) is 33.4 Å². The number of aryl methyl sites for hydroxylation is 6. The average molecular weight is 1420 g/mol. The van der Waals surface area contributed by atoms with E-state index in [0.29, 0.717) is 46.7 Å². The number of hydrogen-bond donors (Lipinski definition) is 0. The summed E-state index contributed by atoms with van der Waals surface area (Å²) < 4.78 is 82.5. The number of fused-ring (bicyclic) bond motifs is 4. The van der Waals surface area contributed by atoms with Crippen molar-refractivity contribution in [2.24, 2.45) is 12.5 Å². The second kappa shape index (κ2) is 32.8. The van der Waals surface area contributed by atoms with Crippen LogP contribution in [0.15, 0.2) is 170 Å². The number of thiazole rings is 1. The molecule has 104 heavy (non-hydrogen) atoms. The van der Waals surface area contributed by atoms with Gasteiger partial charge in [0.15, 0.2) is 5.69 Å². The molecule has 14 rings (SSSR count). The van der Waals surface area contributed by atoms with Crippen molar-refractivity contribution in [3.05, 3.63) is 242 Å². The fourth-order valence-electron chi connectivity index (χ4n) is 14.7. The second-order valence-electron chi connectivity index (χ2n) is 27.8. The zero-order chi connectivity index (χ0) is 72.7. The first-order valence-electron chi connectivity index (χ1n) is 35.7. The van der Waals surface area contributed by atoms with Gasteiger partial charge in [0.1, 0.15) is 63.7 Å². The lowest BCUT2D eigenvalue weighted by Crippen LogP contribution is -2.16. The topological polar surface area (TPSA) is 102 Å². The van der Waals surface area contributed by atoms with Crippen LogP contribution in [0.25, 0.3) is 49.3 Å². The lowest BCUT2D eigenvalue weighted by atomic mass is 9.78. The Morgan fingerprint density at radius 2 is 1.32 bits per heavy atom. The van der Waals surface area contributed by atoms with E-state index in [4.69, 9.17) is 23.9 Å². The number of aromatic nitrogens is 3. The highest BCUT2D eigenvalue weighted by Gasteiger charge is 2.38. The summed E-state index contributed by atoms with van der Waals surface area (Å²) in [4.78, 5) is 29.2. The van der Waals surface area contributed by atoms with Gasteiger partial charge in [0.25, 0.3) is 0 Å². The van der Waals surface area contributed by atoms with E-state index >= 15 is 4.39 Å². The first-order chi connectivity index (χ1) is 49.6. The highest BCUT2D eigenvalue weighted by atomic mass is 32.1. The summed E-state index contributed by atoms with van der Waals surface area (Å²) in [7, 11) is 3.13. The predicted octanol–water partition coefficient (Wildman–Crippen LogP) is 23.0. The monoisotopic (exact) mass is 1420 g/mol. The third-order valence-electron chi connectivity index (χ3n) is 20.1. The number of ketones is 2. The van der Waals surface area contributed by atoms with Crippen LogP contribution in [-0.2, 0) is 48.5 Å². The Kier molecular flexibility index (Phi) is 23.7. The van der Waals surface area contributed by atoms with Crippen molar-refractivity contribution >= 4 is 39.4 Å². The van der Waals surface area contributed by atoms with E-state index < -0.39 is 11.9 Å². The summed E-state index contributed by atoms with van der Waals surface area (Å²) in [6.45, 7) is 15.7. The maximum absolute atomic E-state index is 15.1. The zero-order valence-electron chi connectivity index (χ0n) is 60.2. The molecule has 0 fully saturated rings. The lowest BCUT2D eigenvalue weighted by Gasteiger charge is -2.29. The molecular weight excluding hydrogens is 1330 g/mol. The molecular formula is C90H91F4N3O6S. The number of carbonyl (C=O) groups excluding carboxylic acids is 2. The van der Waals surface area contributed by atoms with E-state index in [1.807, 2.05) is 55.5 Å². The van der Waals surface area contributed by atoms with Gasteiger partial charge in [0.05, 0.1) is 29.1 Å². The van der Waals surface area contributed by atoms with E-state index in [1.165, 1.54) is 50.5 Å². The number of Topliss-reactive ketones (excluding diaryl/α,β-unsaturated/α-hetero) is 2. The average Bonchev–Trinajstić information content (AvgIpc) is 1.43. The van der Waals surface area contributed by atoms with E-state index in [0.717, 1.165) is 131 Å². The molecule has 0 radical (unpaired) electrons. The van der Waals surface area contributed by atoms with Gasteiger partial charge in [0, 0.05) is 42.3 Å². The molecule has 0 saturated heterocycles. The number of carbonyl (C=O) groups is 2. The van der Waals surface area contributed by atoms with E-state index in [-0.39, 0.29) is 59.8 Å². The highest BCUT2D eigenvalue weighted by molar-refractivity contribution is 7.15. The van der Waals surface area contributed by atoms with Crippen LogP contribution in [0, 0.1) is 41.8 Å². The van der Waals surface area contributed by atoms with Gasteiger partial charge >= 0.3 is 6.18 Å². The summed E-state index contributed by atoms with van der Waals surface area (Å²) in [6.07, 6.45) is 7.62. The van der Waals surface area contributed by atoms with Gasteiger partial charge in [-0.2, -0.15) is 18.3 Å². The van der Waals surface area contributed by atoms with Gasteiger partial charge in [-0.15, -0.1) is 23.2 Å². The molecule has 8 aromatic carbocycles. The van der Waals surface area contributed by atoms with Gasteiger partial charge in [-0.1, -0.05) is 155 Å². The molecule has 14 heteroatoms. The largest absolute Gasteiger partial charge is 0.497 e. The van der Waals surface area contributed by atoms with E-state index in [2.05, 4.69) is 141 Å². The van der Waals surface area contributed by atoms with Crippen LogP contribution < -0.4 is 18.9 Å². The Morgan fingerprint density at radius 1 is 0.673 bits per heavy atom. The number of methoxy groups -OCH3 is 1. The number of benzene rings is 8. The normalized spacial score (nSPS) is 16.6. The molecule has 2 aromatic heterocycles. The van der Waals surface area contributed by atoms with Crippen LogP contribution in [0.3, 0.4) is 0 Å². The smallest absolute Gasteiger partial charge is 0.435 e. The maximum Gasteiger partial charge on any atom is 0.435 e. The number of halogens is 4. The standard InChI is InChI=1S/C33H35FO3.C31H27F3N2O2.C25H25NOS.CH4/c1-21(35)7-8-22-9-10-23-12-16-31(37-32(23)18-22)24-11-14-26(28-20-25(36-4)13-15-30(28)34)27(19-24)29-6-5-17-33(29,2)3;1-4-7-20(16-19(2)37)21-12-14-28-24(17-21)13-15-27(38-28)23-9-5-8-22(18-23)25-10-6-11-26-29(25)30(31(32,33)34)35-36(26)3;1-4-9-18(5-2)20-12-14-22-21(16-20)13-15-23(27-22)24-17(3)26-25(28-24)19-10-7-6-8-11-19;/h6,9-11,13-15,18-20,31H,5,7-8,12,16-17H2,1-4H3;5-6,8-12,14,17-18,20,27H,13,15-16H2,1-3H3;6-8,10-12,14,16,18,23H,5,13,15H2,1-3H3;1H4/t;20-,27?;18-,23?;/m.01./s1. The Bertz CT molecular complexity index is 4960. The van der Waals surface area contributed by atoms with Crippen LogP contribution in [0.2, 0.25) is 0 Å². The first-order valence-corrected chi connectivity index (χ1v) is 36.5. The quantitative estimate of drug-likeness (QED) is 0.0696. The van der Waals surface area contributed by atoms with Crippen LogP contribution in [0.5, 0.6) is 23.0 Å². The van der Waals surface area contributed by atoms with Gasteiger partial charge in [-0.05, 0) is 231 Å². The van der Waals surface area contributed by atoms with Crippen LogP contribution >= 0.6 is 11.3 Å². The minimum atomic E-state index is -4.56. The van der Waals surface area contributed by atoms with Crippen molar-refractivity contribution in [1.29, 1.82) is 0 Å². The molecule has 3 unspecified atom stereocenters. The van der Waals surface area contributed by atoms with Crippen molar-refractivity contribution < 1.29 is 46.1 Å². The zero-order valence-corrected chi connectivity index (χ0v) is 61.1. The van der Waals surface area contributed by atoms with Gasteiger partial charge in [-0.3, -0.25) is 9.48 Å². The molecule has 5 atom stereocenters. The van der Waals surface area contributed by atoms with Crippen molar-refractivity contribution in [1.82, 2.24) is 14.8 Å². The summed E-state index contributed by atoms with van der Waals surface area (Å²) in [6, 6.07) is 53.1. The fourth-order valence-corrected chi connectivity index (χ4v) is 15.8. The molecule has 10 aromatic rings. The Labute approximate surface area is 614 Å². The second-order valence-corrected chi connectivity index (χ2v) is 28.9. The Hall–Kier alpha value is -10.0. The van der Waals surface area contributed by atoms with Crippen LogP contribution in [0.4, 0.5) is 17.6 Å². The molecule has 0 saturated carbocycles. The van der Waals surface area contributed by atoms with E-state index in [9.17, 15) is 22.8 Å². The first kappa shape index (κ1) is 75.1. The Morgan fingerprint density at radius 3 is 1.97 bits per heavy atom. The molecule has 0 bridgehead atoms. The number of allylic oxidation sites excluding steroid dienone is 2. The summed E-state index contributed by atoms with van der Waals surface area (Å²) >= 11 is 1.76. The van der Waals surface area contributed by atoms with Crippen molar-refractivity contribution in [3.8, 4) is 79.5 Å². The molecule has 5 heterocycles. The number of alkyl halides is 3. The molecule has 0 N–H and O–H groups in total.